The zero-order chi connectivity index (χ0) is 25.5. The number of nitriles is 1. The minimum Gasteiger partial charge on any atom is -0.446 e. The van der Waals surface area contributed by atoms with E-state index in [4.69, 9.17) is 9.47 Å². The monoisotopic (exact) mass is 498 g/mol. The van der Waals surface area contributed by atoms with Crippen molar-refractivity contribution in [3.63, 3.8) is 0 Å². The molecule has 3 fully saturated rings. The minimum atomic E-state index is -0.410. The summed E-state index contributed by atoms with van der Waals surface area (Å²) in [4.78, 5) is 14.8. The lowest BCUT2D eigenvalue weighted by molar-refractivity contribution is 0.108. The Morgan fingerprint density at radius 2 is 1.92 bits per heavy atom. The first kappa shape index (κ1) is 23.9. The van der Waals surface area contributed by atoms with Crippen molar-refractivity contribution in [3.8, 4) is 17.3 Å². The van der Waals surface area contributed by atoms with Gasteiger partial charge in [-0.2, -0.15) is 5.26 Å². The Morgan fingerprint density at radius 1 is 1.14 bits per heavy atom. The molecule has 3 aromatic rings. The van der Waals surface area contributed by atoms with E-state index in [2.05, 4.69) is 45.1 Å². The van der Waals surface area contributed by atoms with Crippen molar-refractivity contribution in [1.82, 2.24) is 4.57 Å². The van der Waals surface area contributed by atoms with E-state index in [1.54, 1.807) is 0 Å². The molecule has 0 bridgehead atoms. The van der Waals surface area contributed by atoms with Crippen LogP contribution in [0.15, 0.2) is 36.4 Å². The van der Waals surface area contributed by atoms with Crippen LogP contribution in [0, 0.1) is 24.2 Å². The number of ether oxygens (including phenoxy) is 2. The normalized spacial score (nSPS) is 18.8. The second-order valence-corrected chi connectivity index (χ2v) is 10.7. The van der Waals surface area contributed by atoms with Crippen LogP contribution >= 0.6 is 0 Å². The molecule has 37 heavy (non-hydrogen) atoms. The number of aryl methyl sites for hydroxylation is 1. The third-order valence-corrected chi connectivity index (χ3v) is 8.23. The Hall–Kier alpha value is -3.50. The molecule has 1 aromatic heterocycles. The summed E-state index contributed by atoms with van der Waals surface area (Å²) >= 11 is 0. The van der Waals surface area contributed by atoms with Crippen LogP contribution < -0.4 is 10.2 Å². The van der Waals surface area contributed by atoms with Crippen molar-refractivity contribution in [2.75, 3.05) is 36.5 Å². The number of hydrogen-bond donors (Lipinski definition) is 1. The fraction of sp³-hybridized carbons (Fsp3) is 0.467. The van der Waals surface area contributed by atoms with Crippen LogP contribution in [0.2, 0.25) is 0 Å². The molecule has 1 atom stereocenters. The fourth-order valence-corrected chi connectivity index (χ4v) is 5.66. The van der Waals surface area contributed by atoms with Crippen molar-refractivity contribution in [1.29, 1.82) is 5.26 Å². The lowest BCUT2D eigenvalue weighted by Crippen LogP contribution is -2.36. The maximum atomic E-state index is 12.4. The van der Waals surface area contributed by atoms with Crippen LogP contribution in [0.3, 0.4) is 0 Å². The van der Waals surface area contributed by atoms with Crippen molar-refractivity contribution in [2.45, 2.75) is 58.1 Å². The zero-order valence-electron chi connectivity index (χ0n) is 21.6. The number of morpholine rings is 1. The summed E-state index contributed by atoms with van der Waals surface area (Å²) in [5.41, 5.74) is 6.66. The van der Waals surface area contributed by atoms with E-state index < -0.39 is 6.09 Å². The predicted molar refractivity (Wildman–Crippen MR) is 145 cm³/mol. The summed E-state index contributed by atoms with van der Waals surface area (Å²) in [6.45, 7) is 7.18. The second-order valence-electron chi connectivity index (χ2n) is 10.7. The van der Waals surface area contributed by atoms with Gasteiger partial charge in [0.25, 0.3) is 0 Å². The molecule has 1 saturated heterocycles. The molecule has 0 unspecified atom stereocenters. The zero-order valence-corrected chi connectivity index (χ0v) is 21.6. The van der Waals surface area contributed by atoms with Gasteiger partial charge in [-0.3, -0.25) is 5.32 Å². The molecule has 2 heterocycles. The molecule has 1 amide bonds. The average Bonchev–Trinajstić information content (AvgIpc) is 3.68. The number of fused-ring (bicyclic) bond motifs is 1. The predicted octanol–water partition coefficient (Wildman–Crippen LogP) is 6.40. The number of anilines is 2. The van der Waals surface area contributed by atoms with Gasteiger partial charge < -0.3 is 18.9 Å². The van der Waals surface area contributed by atoms with Gasteiger partial charge in [0.15, 0.2) is 0 Å². The molecule has 2 aliphatic carbocycles. The SMILES string of the molecule is Cc1cc(-c2c(C#N)c3ccc(N4CCOCC4)cc3n2C2CCC2)ccc1NC(=O)O[C@H](C)C1CC1. The van der Waals surface area contributed by atoms with Crippen LogP contribution in [-0.2, 0) is 9.47 Å². The van der Waals surface area contributed by atoms with E-state index >= 15 is 0 Å². The molecule has 0 spiro atoms. The minimum absolute atomic E-state index is 0.0571. The highest BCUT2D eigenvalue weighted by Crippen LogP contribution is 2.44. The number of carbonyl (C=O) groups is 1. The summed E-state index contributed by atoms with van der Waals surface area (Å²) in [7, 11) is 0. The van der Waals surface area contributed by atoms with Gasteiger partial charge in [-0.1, -0.05) is 6.07 Å². The Labute approximate surface area is 218 Å². The van der Waals surface area contributed by atoms with Gasteiger partial charge in [0, 0.05) is 35.9 Å². The van der Waals surface area contributed by atoms with Gasteiger partial charge in [0.1, 0.15) is 12.2 Å². The molecule has 6 rings (SSSR count). The summed E-state index contributed by atoms with van der Waals surface area (Å²) in [5, 5.41) is 14.2. The Kier molecular flexibility index (Phi) is 6.29. The maximum Gasteiger partial charge on any atom is 0.411 e. The number of carbonyl (C=O) groups excluding carboxylic acids is 1. The van der Waals surface area contributed by atoms with Gasteiger partial charge in [0.2, 0.25) is 0 Å². The van der Waals surface area contributed by atoms with Crippen LogP contribution in [0.1, 0.15) is 56.2 Å². The van der Waals surface area contributed by atoms with E-state index in [9.17, 15) is 10.1 Å². The largest absolute Gasteiger partial charge is 0.446 e. The van der Waals surface area contributed by atoms with Gasteiger partial charge >= 0.3 is 6.09 Å². The average molecular weight is 499 g/mol. The molecule has 3 aliphatic rings. The van der Waals surface area contributed by atoms with E-state index in [0.29, 0.717) is 17.5 Å². The number of nitrogens with one attached hydrogen (secondary N) is 1. The highest BCUT2D eigenvalue weighted by Gasteiger charge is 2.31. The molecule has 2 aromatic carbocycles. The summed E-state index contributed by atoms with van der Waals surface area (Å²) in [6.07, 6.45) is 5.24. The first-order valence-corrected chi connectivity index (χ1v) is 13.5. The standard InChI is InChI=1S/C30H34N4O3/c1-19-16-22(8-11-27(19)32-30(35)37-20(2)21-6-7-21)29-26(18-31)25-10-9-24(33-12-14-36-15-13-33)17-28(25)34(29)23-4-3-5-23/h8-11,16-17,20-21,23H,3-7,12-15H2,1-2H3,(H,32,35)/t20-/m1/s1. The van der Waals surface area contributed by atoms with Gasteiger partial charge in [-0.15, -0.1) is 0 Å². The lowest BCUT2D eigenvalue weighted by Gasteiger charge is -2.31. The summed E-state index contributed by atoms with van der Waals surface area (Å²) in [5.74, 6) is 0.496. The Bertz CT molecular complexity index is 1370. The molecule has 1 N–H and O–H groups in total. The van der Waals surface area contributed by atoms with Crippen molar-refractivity contribution in [2.24, 2.45) is 5.92 Å². The topological polar surface area (TPSA) is 79.5 Å². The summed E-state index contributed by atoms with van der Waals surface area (Å²) < 4.78 is 13.5. The number of rotatable bonds is 6. The molecular formula is C30H34N4O3. The van der Waals surface area contributed by atoms with Gasteiger partial charge in [-0.25, -0.2) is 4.79 Å². The van der Waals surface area contributed by atoms with E-state index in [1.165, 1.54) is 12.1 Å². The van der Waals surface area contributed by atoms with Crippen LogP contribution in [0.25, 0.3) is 22.2 Å². The first-order valence-electron chi connectivity index (χ1n) is 13.5. The highest BCUT2D eigenvalue weighted by atomic mass is 16.6. The second kappa shape index (κ2) is 9.75. The number of nitrogens with zero attached hydrogens (tertiary/aromatic N) is 3. The molecule has 2 saturated carbocycles. The fourth-order valence-electron chi connectivity index (χ4n) is 5.66. The lowest BCUT2D eigenvalue weighted by atomic mass is 9.92. The molecule has 7 heteroatoms. The van der Waals surface area contributed by atoms with Gasteiger partial charge in [0.05, 0.1) is 30.0 Å². The van der Waals surface area contributed by atoms with Crippen molar-refractivity contribution in [3.05, 3.63) is 47.5 Å². The first-order chi connectivity index (χ1) is 18.0. The Morgan fingerprint density at radius 3 is 2.57 bits per heavy atom. The number of benzene rings is 2. The van der Waals surface area contributed by atoms with Crippen LogP contribution in [0.5, 0.6) is 0 Å². The van der Waals surface area contributed by atoms with E-state index in [0.717, 1.165) is 85.4 Å². The van der Waals surface area contributed by atoms with Gasteiger partial charge in [-0.05, 0) is 93.3 Å². The Balaban J connectivity index is 1.37. The number of hydrogen-bond acceptors (Lipinski definition) is 5. The third-order valence-electron chi connectivity index (χ3n) is 8.23. The van der Waals surface area contributed by atoms with E-state index in [1.807, 2.05) is 26.0 Å². The van der Waals surface area contributed by atoms with Crippen molar-refractivity contribution >= 4 is 28.4 Å². The third kappa shape index (κ3) is 4.55. The molecule has 7 nitrogen and oxygen atoms in total. The molecule has 0 radical (unpaired) electrons. The molecular weight excluding hydrogens is 464 g/mol. The quantitative estimate of drug-likeness (QED) is 0.426. The van der Waals surface area contributed by atoms with Crippen LogP contribution in [-0.4, -0.2) is 43.1 Å². The highest BCUT2D eigenvalue weighted by molar-refractivity contribution is 5.97. The van der Waals surface area contributed by atoms with E-state index in [-0.39, 0.29) is 6.10 Å². The molecule has 1 aliphatic heterocycles. The maximum absolute atomic E-state index is 12.4. The number of aromatic nitrogens is 1. The smallest absolute Gasteiger partial charge is 0.411 e. The molecule has 192 valence electrons. The van der Waals surface area contributed by atoms with Crippen molar-refractivity contribution < 1.29 is 14.3 Å². The van der Waals surface area contributed by atoms with Crippen LogP contribution in [0.4, 0.5) is 16.2 Å². The summed E-state index contributed by atoms with van der Waals surface area (Å²) in [6, 6.07) is 15.4. The number of amides is 1.